The van der Waals surface area contributed by atoms with Gasteiger partial charge in [-0.2, -0.15) is 8.78 Å². The van der Waals surface area contributed by atoms with Crippen LogP contribution in [0.15, 0.2) is 42.9 Å². The Kier molecular flexibility index (Phi) is 4.63. The van der Waals surface area contributed by atoms with Gasteiger partial charge in [-0.3, -0.25) is 4.98 Å². The Morgan fingerprint density at radius 3 is 2.50 bits per heavy atom. The maximum absolute atomic E-state index is 15.2. The maximum Gasteiger partial charge on any atom is 0.323 e. The third kappa shape index (κ3) is 3.13. The zero-order chi connectivity index (χ0) is 18.9. The van der Waals surface area contributed by atoms with Crippen molar-refractivity contribution < 1.29 is 22.7 Å². The third-order valence-corrected chi connectivity index (χ3v) is 3.96. The summed E-state index contributed by atoms with van der Waals surface area (Å²) in [7, 11) is 0. The number of hydrogen-bond donors (Lipinski definition) is 1. The summed E-state index contributed by atoms with van der Waals surface area (Å²) in [5, 5.41) is 20.9. The summed E-state index contributed by atoms with van der Waals surface area (Å²) in [6.07, 6.45) is 1.55. The number of rotatable bonds is 5. The number of hydrogen-bond acceptors (Lipinski definition) is 5. The Hall–Kier alpha value is -2.59. The highest BCUT2D eigenvalue weighted by atomic mass is 35.5. The molecule has 0 radical (unpaired) electrons. The molecule has 0 aliphatic heterocycles. The Labute approximate surface area is 149 Å². The number of alkyl halides is 2. The van der Waals surface area contributed by atoms with Gasteiger partial charge in [0.25, 0.3) is 0 Å². The van der Waals surface area contributed by atoms with Crippen LogP contribution in [-0.4, -0.2) is 30.3 Å². The lowest BCUT2D eigenvalue weighted by molar-refractivity contribution is -0.207. The number of aromatic nitrogens is 5. The molecule has 3 rings (SSSR count). The molecule has 0 aliphatic rings. The van der Waals surface area contributed by atoms with Crippen molar-refractivity contribution in [2.75, 3.05) is 0 Å². The molecule has 1 atom stereocenters. The molecule has 1 unspecified atom stereocenters. The van der Waals surface area contributed by atoms with Gasteiger partial charge in [0.05, 0.1) is 12.7 Å². The van der Waals surface area contributed by atoms with Crippen LogP contribution in [0.3, 0.4) is 0 Å². The van der Waals surface area contributed by atoms with Crippen LogP contribution in [0.5, 0.6) is 0 Å². The molecule has 2 heterocycles. The molecular formula is C15H10ClF4N5O. The van der Waals surface area contributed by atoms with Crippen molar-refractivity contribution in [1.29, 1.82) is 0 Å². The van der Waals surface area contributed by atoms with Crippen molar-refractivity contribution in [2.45, 2.75) is 18.1 Å². The molecule has 0 amide bonds. The van der Waals surface area contributed by atoms with Crippen LogP contribution in [0.25, 0.3) is 0 Å². The summed E-state index contributed by atoms with van der Waals surface area (Å²) in [4.78, 5) is 3.32. The highest BCUT2D eigenvalue weighted by Crippen LogP contribution is 2.46. The molecule has 11 heteroatoms. The minimum atomic E-state index is -4.12. The van der Waals surface area contributed by atoms with Crippen LogP contribution in [-0.2, 0) is 18.1 Å². The van der Waals surface area contributed by atoms with Gasteiger partial charge in [0.2, 0.25) is 0 Å². The first-order valence-corrected chi connectivity index (χ1v) is 7.50. The highest BCUT2D eigenvalue weighted by Gasteiger charge is 2.57. The lowest BCUT2D eigenvalue weighted by Crippen LogP contribution is -2.48. The molecule has 0 spiro atoms. The molecule has 26 heavy (non-hydrogen) atoms. The Balaban J connectivity index is 2.17. The van der Waals surface area contributed by atoms with Crippen molar-refractivity contribution in [3.8, 4) is 0 Å². The Morgan fingerprint density at radius 1 is 1.15 bits per heavy atom. The summed E-state index contributed by atoms with van der Waals surface area (Å²) in [6.45, 7) is -0.898. The van der Waals surface area contributed by atoms with E-state index in [2.05, 4.69) is 20.5 Å². The van der Waals surface area contributed by atoms with E-state index < -0.39 is 41.0 Å². The fourth-order valence-electron chi connectivity index (χ4n) is 2.44. The number of pyridine rings is 1. The molecule has 2 aromatic heterocycles. The van der Waals surface area contributed by atoms with Gasteiger partial charge < -0.3 is 5.11 Å². The first-order chi connectivity index (χ1) is 12.2. The van der Waals surface area contributed by atoms with E-state index in [1.54, 1.807) is 0 Å². The smallest absolute Gasteiger partial charge is 0.323 e. The first kappa shape index (κ1) is 18.2. The normalized spacial score (nSPS) is 14.2. The van der Waals surface area contributed by atoms with E-state index in [4.69, 9.17) is 11.6 Å². The van der Waals surface area contributed by atoms with Gasteiger partial charge in [-0.25, -0.2) is 13.5 Å². The van der Waals surface area contributed by atoms with Crippen molar-refractivity contribution in [2.24, 2.45) is 0 Å². The summed E-state index contributed by atoms with van der Waals surface area (Å²) >= 11 is 5.66. The van der Waals surface area contributed by atoms with E-state index in [0.717, 1.165) is 35.3 Å². The van der Waals surface area contributed by atoms with Crippen LogP contribution in [0.2, 0.25) is 5.02 Å². The molecule has 0 aliphatic carbocycles. The van der Waals surface area contributed by atoms with Gasteiger partial charge >= 0.3 is 5.92 Å². The van der Waals surface area contributed by atoms with Crippen molar-refractivity contribution in [3.05, 3.63) is 70.8 Å². The summed E-state index contributed by atoms with van der Waals surface area (Å²) in [5.41, 5.74) is -4.83. The predicted molar refractivity (Wildman–Crippen MR) is 81.2 cm³/mol. The number of halogens is 5. The van der Waals surface area contributed by atoms with Crippen molar-refractivity contribution in [3.63, 3.8) is 0 Å². The second-order valence-corrected chi connectivity index (χ2v) is 5.86. The van der Waals surface area contributed by atoms with Gasteiger partial charge in [-0.15, -0.1) is 5.10 Å². The van der Waals surface area contributed by atoms with Crippen molar-refractivity contribution in [1.82, 2.24) is 25.2 Å². The maximum atomic E-state index is 15.2. The average molecular weight is 388 g/mol. The van der Waals surface area contributed by atoms with E-state index >= 15 is 8.78 Å². The number of aliphatic hydroxyl groups is 1. The van der Waals surface area contributed by atoms with E-state index in [1.807, 2.05) is 0 Å². The van der Waals surface area contributed by atoms with Crippen LogP contribution in [0, 0.1) is 11.6 Å². The molecule has 1 N–H and O–H groups in total. The van der Waals surface area contributed by atoms with Crippen LogP contribution in [0.1, 0.15) is 11.3 Å². The zero-order valence-electron chi connectivity index (χ0n) is 12.8. The molecular weight excluding hydrogens is 378 g/mol. The van der Waals surface area contributed by atoms with E-state index in [9.17, 15) is 13.9 Å². The van der Waals surface area contributed by atoms with E-state index in [-0.39, 0.29) is 5.02 Å². The lowest BCUT2D eigenvalue weighted by atomic mass is 9.84. The standard InChI is InChI=1S/C15H10ClF4N5O/c16-9-1-3-11(12(18)5-9)14(26,7-25-8-22-23-24-25)15(19,20)13-4-2-10(17)6-21-13/h1-6,8,26H,7H2. The largest absolute Gasteiger partial charge is 0.377 e. The quantitative estimate of drug-likeness (QED) is 0.681. The zero-order valence-corrected chi connectivity index (χ0v) is 13.6. The summed E-state index contributed by atoms with van der Waals surface area (Å²) in [6, 6.07) is 4.33. The van der Waals surface area contributed by atoms with Crippen LogP contribution < -0.4 is 0 Å². The van der Waals surface area contributed by atoms with Gasteiger partial charge in [0, 0.05) is 10.6 Å². The molecule has 0 saturated heterocycles. The number of nitrogens with zero attached hydrogens (tertiary/aromatic N) is 5. The average Bonchev–Trinajstić information content (AvgIpc) is 3.07. The molecule has 0 saturated carbocycles. The lowest BCUT2D eigenvalue weighted by Gasteiger charge is -2.35. The third-order valence-electron chi connectivity index (χ3n) is 3.73. The summed E-state index contributed by atoms with van der Waals surface area (Å²) < 4.78 is 58.6. The SMILES string of the molecule is OC(Cn1cnnn1)(c1ccc(Cl)cc1F)C(F)(F)c1ccc(F)cn1. The Bertz CT molecular complexity index is 907. The minimum absolute atomic E-state index is 0.0424. The first-order valence-electron chi connectivity index (χ1n) is 7.12. The Morgan fingerprint density at radius 2 is 1.92 bits per heavy atom. The minimum Gasteiger partial charge on any atom is -0.377 e. The second-order valence-electron chi connectivity index (χ2n) is 5.43. The topological polar surface area (TPSA) is 76.7 Å². The van der Waals surface area contributed by atoms with E-state index in [0.29, 0.717) is 12.3 Å². The summed E-state index contributed by atoms with van der Waals surface area (Å²) in [5.74, 6) is -6.12. The van der Waals surface area contributed by atoms with Gasteiger partial charge in [-0.1, -0.05) is 17.7 Å². The molecule has 6 nitrogen and oxygen atoms in total. The molecule has 3 aromatic rings. The predicted octanol–water partition coefficient (Wildman–Crippen LogP) is 2.68. The van der Waals surface area contributed by atoms with Gasteiger partial charge in [0.1, 0.15) is 23.7 Å². The number of benzene rings is 1. The fraction of sp³-hybridized carbons (Fsp3) is 0.200. The fourth-order valence-corrected chi connectivity index (χ4v) is 2.60. The molecule has 0 bridgehead atoms. The molecule has 0 fully saturated rings. The second kappa shape index (κ2) is 6.61. The van der Waals surface area contributed by atoms with Crippen LogP contribution in [0.4, 0.5) is 17.6 Å². The van der Waals surface area contributed by atoms with Gasteiger partial charge in [0.15, 0.2) is 5.60 Å². The number of tetrazole rings is 1. The van der Waals surface area contributed by atoms with Crippen LogP contribution >= 0.6 is 11.6 Å². The van der Waals surface area contributed by atoms with E-state index in [1.165, 1.54) is 0 Å². The van der Waals surface area contributed by atoms with Crippen molar-refractivity contribution >= 4 is 11.6 Å². The molecule has 136 valence electrons. The van der Waals surface area contributed by atoms with Gasteiger partial charge in [-0.05, 0) is 34.7 Å². The molecule has 1 aromatic carbocycles. The monoisotopic (exact) mass is 387 g/mol. The highest BCUT2D eigenvalue weighted by molar-refractivity contribution is 6.30.